The van der Waals surface area contributed by atoms with Crippen LogP contribution in [0.3, 0.4) is 0 Å². The van der Waals surface area contributed by atoms with E-state index in [-0.39, 0.29) is 0 Å². The number of nitrogens with one attached hydrogen (secondary N) is 1. The second kappa shape index (κ2) is 8.21. The average Bonchev–Trinajstić information content (AvgIpc) is 3.87. The summed E-state index contributed by atoms with van der Waals surface area (Å²) in [6, 6.07) is 47.3. The van der Waals surface area contributed by atoms with E-state index >= 15 is 0 Å². The monoisotopic (exact) mass is 577 g/mol. The van der Waals surface area contributed by atoms with E-state index in [0.29, 0.717) is 5.84 Å². The lowest BCUT2D eigenvalue weighted by molar-refractivity contribution is 0.643. The van der Waals surface area contributed by atoms with Gasteiger partial charge in [-0.15, -0.1) is 0 Å². The van der Waals surface area contributed by atoms with Gasteiger partial charge in [0.15, 0.2) is 5.58 Å². The molecule has 6 heteroatoms. The summed E-state index contributed by atoms with van der Waals surface area (Å²) < 4.78 is 13.2. The largest absolute Gasteiger partial charge is 0.423 e. The number of nitrogens with zero attached hydrogens (tertiary/aromatic N) is 4. The first-order valence-corrected chi connectivity index (χ1v) is 15.2. The van der Waals surface area contributed by atoms with E-state index in [1.54, 1.807) is 0 Å². The molecule has 0 amide bonds. The minimum absolute atomic E-state index is 0.579. The third kappa shape index (κ3) is 2.95. The van der Waals surface area contributed by atoms with Crippen LogP contribution in [-0.2, 0) is 0 Å². The molecule has 0 atom stereocenters. The number of para-hydroxylation sites is 4. The van der Waals surface area contributed by atoms with Gasteiger partial charge in [-0.05, 0) is 54.6 Å². The normalized spacial score (nSPS) is 12.4. The molecule has 0 bridgehead atoms. The molecule has 0 aliphatic rings. The Morgan fingerprint density at radius 1 is 0.489 bits per heavy atom. The van der Waals surface area contributed by atoms with E-state index in [9.17, 15) is 0 Å². The Bertz CT molecular complexity index is 2890. The first-order valence-electron chi connectivity index (χ1n) is 15.2. The van der Waals surface area contributed by atoms with Crippen LogP contribution in [0, 0.1) is 0 Å². The minimum Gasteiger partial charge on any atom is -0.423 e. The molecule has 0 aliphatic carbocycles. The Morgan fingerprint density at radius 2 is 1.00 bits per heavy atom. The number of benzene rings is 6. The summed E-state index contributed by atoms with van der Waals surface area (Å²) in [7, 11) is 0. The van der Waals surface area contributed by atoms with Crippen molar-refractivity contribution in [3.8, 4) is 11.4 Å². The lowest BCUT2D eigenvalue weighted by Crippen LogP contribution is -1.93. The highest BCUT2D eigenvalue weighted by Gasteiger charge is 2.20. The van der Waals surface area contributed by atoms with Crippen LogP contribution in [0.2, 0.25) is 0 Å². The van der Waals surface area contributed by atoms with E-state index < -0.39 is 0 Å². The zero-order valence-electron chi connectivity index (χ0n) is 23.9. The van der Waals surface area contributed by atoms with Gasteiger partial charge in [0.05, 0.1) is 33.3 Å². The highest BCUT2D eigenvalue weighted by Crippen LogP contribution is 2.37. The lowest BCUT2D eigenvalue weighted by atomic mass is 10.2. The maximum Gasteiger partial charge on any atom is 0.309 e. The van der Waals surface area contributed by atoms with Crippen LogP contribution in [0.25, 0.3) is 94.0 Å². The molecule has 6 aromatic carbocycles. The molecular weight excluding hydrogens is 554 g/mol. The van der Waals surface area contributed by atoms with Gasteiger partial charge in [0.25, 0.3) is 0 Å². The quantitative estimate of drug-likeness (QED) is 0.222. The maximum absolute atomic E-state index is 6.44. The fourth-order valence-corrected chi connectivity index (χ4v) is 7.51. The van der Waals surface area contributed by atoms with Crippen LogP contribution in [0.4, 0.5) is 0 Å². The molecule has 0 saturated heterocycles. The Labute approximate surface area is 254 Å². The number of hydrogen-bond acceptors (Lipinski definition) is 2. The Hall–Kier alpha value is -6.27. The molecule has 0 unspecified atom stereocenters. The van der Waals surface area contributed by atoms with Crippen molar-refractivity contribution in [2.24, 2.45) is 0 Å². The maximum atomic E-state index is 6.44. The average molecular weight is 578 g/mol. The topological polar surface area (TPSA) is 56.1 Å². The lowest BCUT2D eigenvalue weighted by Gasteiger charge is -2.08. The standard InChI is InChI=1S/C39H23N5O/c1-5-13-31-25(9-1)26-10-2-6-14-32(26)42(31)23-17-19-30-29(21-23)37-38(40-30)44-35-20-18-24(22-36(35)45-39(44)41-37)43-33-15-7-3-11-27(33)28-12-4-8-16-34(28)43/h1-22,40H. The summed E-state index contributed by atoms with van der Waals surface area (Å²) in [5, 5.41) is 6.04. The molecule has 0 aliphatic heterocycles. The molecule has 1 N–H and O–H groups in total. The third-order valence-electron chi connectivity index (χ3n) is 9.42. The van der Waals surface area contributed by atoms with Crippen LogP contribution >= 0.6 is 0 Å². The molecular formula is C39H23N5O. The second-order valence-corrected chi connectivity index (χ2v) is 11.8. The van der Waals surface area contributed by atoms with Crippen LogP contribution < -0.4 is 0 Å². The van der Waals surface area contributed by atoms with Gasteiger partial charge >= 0.3 is 5.84 Å². The van der Waals surface area contributed by atoms with Gasteiger partial charge in [0.2, 0.25) is 0 Å². The van der Waals surface area contributed by atoms with Crippen LogP contribution in [0.1, 0.15) is 0 Å². The number of imidazole rings is 1. The highest BCUT2D eigenvalue weighted by atomic mass is 16.4. The fourth-order valence-electron chi connectivity index (χ4n) is 7.51. The van der Waals surface area contributed by atoms with Gasteiger partial charge in [0.1, 0.15) is 11.2 Å². The zero-order valence-corrected chi connectivity index (χ0v) is 23.9. The Kier molecular flexibility index (Phi) is 4.24. The van der Waals surface area contributed by atoms with Crippen LogP contribution in [-0.4, -0.2) is 23.5 Å². The highest BCUT2D eigenvalue weighted by molar-refractivity contribution is 6.12. The van der Waals surface area contributed by atoms with Crippen LogP contribution in [0.15, 0.2) is 138 Å². The molecule has 11 rings (SSSR count). The van der Waals surface area contributed by atoms with Gasteiger partial charge in [-0.3, -0.25) is 0 Å². The molecule has 0 saturated carbocycles. The van der Waals surface area contributed by atoms with E-state index in [0.717, 1.165) is 44.5 Å². The fraction of sp³-hybridized carbons (Fsp3) is 0. The number of aromatic amines is 1. The summed E-state index contributed by atoms with van der Waals surface area (Å²) in [6.07, 6.45) is 0. The number of rotatable bonds is 2. The minimum atomic E-state index is 0.579. The molecule has 5 heterocycles. The van der Waals surface area contributed by atoms with Crippen molar-refractivity contribution in [3.63, 3.8) is 0 Å². The van der Waals surface area contributed by atoms with E-state index in [1.807, 2.05) is 0 Å². The zero-order chi connectivity index (χ0) is 29.2. The molecule has 11 aromatic rings. The summed E-state index contributed by atoms with van der Waals surface area (Å²) in [5.41, 5.74) is 11.5. The number of hydrogen-bond donors (Lipinski definition) is 1. The van der Waals surface area contributed by atoms with Crippen molar-refractivity contribution in [3.05, 3.63) is 133 Å². The molecule has 6 nitrogen and oxygen atoms in total. The van der Waals surface area contributed by atoms with Gasteiger partial charge < -0.3 is 18.5 Å². The predicted molar refractivity (Wildman–Crippen MR) is 183 cm³/mol. The molecule has 0 spiro atoms. The SMILES string of the molecule is c1ccc2c(c1)c1ccccc1n2-c1ccc2c(c1)oc1nc3c4cc(-n5c6ccccc6c6ccccc65)ccc4[nH]c3n12. The second-order valence-electron chi connectivity index (χ2n) is 11.8. The molecule has 0 radical (unpaired) electrons. The first kappa shape index (κ1) is 23.2. The van der Waals surface area contributed by atoms with Gasteiger partial charge in [-0.2, -0.15) is 4.98 Å². The molecule has 0 fully saturated rings. The van der Waals surface area contributed by atoms with Crippen molar-refractivity contribution < 1.29 is 4.42 Å². The van der Waals surface area contributed by atoms with Crippen molar-refractivity contribution in [2.75, 3.05) is 0 Å². The molecule has 210 valence electrons. The van der Waals surface area contributed by atoms with Crippen molar-refractivity contribution >= 4 is 82.6 Å². The third-order valence-corrected chi connectivity index (χ3v) is 9.42. The predicted octanol–water partition coefficient (Wildman–Crippen LogP) is 9.91. The summed E-state index contributed by atoms with van der Waals surface area (Å²) in [6.45, 7) is 0. The molecule has 45 heavy (non-hydrogen) atoms. The number of oxazole rings is 1. The van der Waals surface area contributed by atoms with E-state index in [2.05, 4.69) is 152 Å². The van der Waals surface area contributed by atoms with Gasteiger partial charge in [0, 0.05) is 44.2 Å². The van der Waals surface area contributed by atoms with Crippen molar-refractivity contribution in [2.45, 2.75) is 0 Å². The Morgan fingerprint density at radius 3 is 1.58 bits per heavy atom. The van der Waals surface area contributed by atoms with Gasteiger partial charge in [-0.25, -0.2) is 4.40 Å². The van der Waals surface area contributed by atoms with Crippen molar-refractivity contribution in [1.29, 1.82) is 0 Å². The summed E-state index contributed by atoms with van der Waals surface area (Å²) >= 11 is 0. The smallest absolute Gasteiger partial charge is 0.309 e. The summed E-state index contributed by atoms with van der Waals surface area (Å²) in [4.78, 5) is 8.67. The van der Waals surface area contributed by atoms with Gasteiger partial charge in [-0.1, -0.05) is 72.8 Å². The van der Waals surface area contributed by atoms with Crippen molar-refractivity contribution in [1.82, 2.24) is 23.5 Å². The van der Waals surface area contributed by atoms with E-state index in [4.69, 9.17) is 9.40 Å². The van der Waals surface area contributed by atoms with Crippen LogP contribution in [0.5, 0.6) is 0 Å². The first-order chi connectivity index (χ1) is 22.3. The summed E-state index contributed by atoms with van der Waals surface area (Å²) in [5.74, 6) is 0.579. The number of fused-ring (bicyclic) bond motifs is 13. The molecule has 5 aromatic heterocycles. The van der Waals surface area contributed by atoms with E-state index in [1.165, 1.54) is 43.6 Å². The number of H-pyrrole nitrogens is 1. The Balaban J connectivity index is 1.12. The number of aromatic nitrogens is 5.